The van der Waals surface area contributed by atoms with Crippen molar-refractivity contribution >= 4 is 12.0 Å². The Hall–Kier alpha value is -1.30. The molecule has 0 aromatic heterocycles. The lowest BCUT2D eigenvalue weighted by Gasteiger charge is -2.38. The van der Waals surface area contributed by atoms with Crippen molar-refractivity contribution < 1.29 is 14.3 Å². The minimum Gasteiger partial charge on any atom is -0.444 e. The molecule has 1 rings (SSSR count). The maximum atomic E-state index is 11.5. The molecule has 0 bridgehead atoms. The van der Waals surface area contributed by atoms with Gasteiger partial charge in [-0.3, -0.25) is 4.79 Å². The summed E-state index contributed by atoms with van der Waals surface area (Å²) >= 11 is 0. The third-order valence-corrected chi connectivity index (χ3v) is 2.89. The molecule has 1 atom stereocenters. The highest BCUT2D eigenvalue weighted by molar-refractivity contribution is 5.74. The molecule has 6 heteroatoms. The fraction of sp³-hybridized carbons (Fsp3) is 0.846. The molecule has 0 radical (unpaired) electrons. The Morgan fingerprint density at radius 1 is 1.32 bits per heavy atom. The van der Waals surface area contributed by atoms with Crippen molar-refractivity contribution in [1.82, 2.24) is 10.6 Å². The van der Waals surface area contributed by atoms with Crippen molar-refractivity contribution in [2.24, 2.45) is 5.73 Å². The zero-order valence-electron chi connectivity index (χ0n) is 12.2. The lowest BCUT2D eigenvalue weighted by atomic mass is 9.86. The van der Waals surface area contributed by atoms with Crippen molar-refractivity contribution in [3.63, 3.8) is 0 Å². The number of carbonyl (C=O) groups is 2. The summed E-state index contributed by atoms with van der Waals surface area (Å²) < 4.78 is 5.18. The minimum atomic E-state index is -0.471. The van der Waals surface area contributed by atoms with Crippen molar-refractivity contribution in [3.05, 3.63) is 0 Å². The van der Waals surface area contributed by atoms with E-state index in [1.54, 1.807) is 0 Å². The van der Waals surface area contributed by atoms with E-state index in [9.17, 15) is 9.59 Å². The standard InChI is InChI=1S/C13H25N3O3/c1-8(5-11(14)17)15-9-6-10(7-9)16-12(18)19-13(2,3)4/h8-10,15H,5-7H2,1-4H3,(H2,14,17)(H,16,18). The second kappa shape index (κ2) is 6.23. The Morgan fingerprint density at radius 2 is 1.89 bits per heavy atom. The molecule has 1 unspecified atom stereocenters. The minimum absolute atomic E-state index is 0.0741. The van der Waals surface area contributed by atoms with E-state index < -0.39 is 5.60 Å². The number of alkyl carbamates (subject to hydrolysis) is 1. The van der Waals surface area contributed by atoms with Crippen molar-refractivity contribution in [1.29, 1.82) is 0 Å². The van der Waals surface area contributed by atoms with Crippen LogP contribution in [0.4, 0.5) is 4.79 Å². The molecule has 1 saturated carbocycles. The van der Waals surface area contributed by atoms with Gasteiger partial charge in [0.1, 0.15) is 5.60 Å². The molecular weight excluding hydrogens is 246 g/mol. The molecule has 0 aliphatic heterocycles. The highest BCUT2D eigenvalue weighted by Gasteiger charge is 2.32. The molecule has 6 nitrogen and oxygen atoms in total. The lowest BCUT2D eigenvalue weighted by molar-refractivity contribution is -0.118. The fourth-order valence-corrected chi connectivity index (χ4v) is 2.11. The summed E-state index contributed by atoms with van der Waals surface area (Å²) in [7, 11) is 0. The number of nitrogens with one attached hydrogen (secondary N) is 2. The quantitative estimate of drug-likeness (QED) is 0.692. The van der Waals surface area contributed by atoms with Crippen LogP contribution >= 0.6 is 0 Å². The molecular formula is C13H25N3O3. The second-order valence-electron chi connectivity index (χ2n) is 6.25. The molecule has 0 aromatic rings. The summed E-state index contributed by atoms with van der Waals surface area (Å²) in [6, 6.07) is 0.549. The van der Waals surface area contributed by atoms with Crippen LogP contribution in [-0.4, -0.2) is 35.7 Å². The summed E-state index contributed by atoms with van der Waals surface area (Å²) in [6.45, 7) is 7.44. The van der Waals surface area contributed by atoms with E-state index in [4.69, 9.17) is 10.5 Å². The molecule has 1 aliphatic carbocycles. The van der Waals surface area contributed by atoms with Gasteiger partial charge < -0.3 is 21.1 Å². The van der Waals surface area contributed by atoms with Crippen molar-refractivity contribution in [2.45, 2.75) is 70.7 Å². The van der Waals surface area contributed by atoms with Crippen LogP contribution in [0.2, 0.25) is 0 Å². The first-order chi connectivity index (χ1) is 8.65. The number of nitrogens with two attached hydrogens (primary N) is 1. The van der Waals surface area contributed by atoms with Gasteiger partial charge in [0.05, 0.1) is 0 Å². The molecule has 1 fully saturated rings. The van der Waals surface area contributed by atoms with Gasteiger partial charge in [0.15, 0.2) is 0 Å². The molecule has 0 aromatic carbocycles. The molecule has 1 aliphatic rings. The van der Waals surface area contributed by atoms with Crippen LogP contribution in [0.1, 0.15) is 47.0 Å². The molecule has 4 N–H and O–H groups in total. The predicted octanol–water partition coefficient (Wildman–Crippen LogP) is 0.896. The van der Waals surface area contributed by atoms with E-state index >= 15 is 0 Å². The van der Waals surface area contributed by atoms with Gasteiger partial charge in [-0.2, -0.15) is 0 Å². The lowest BCUT2D eigenvalue weighted by Crippen LogP contribution is -2.55. The number of amides is 2. The van der Waals surface area contributed by atoms with Crippen molar-refractivity contribution in [3.8, 4) is 0 Å². The Bertz CT molecular complexity index is 333. The fourth-order valence-electron chi connectivity index (χ4n) is 2.11. The average molecular weight is 271 g/mol. The van der Waals surface area contributed by atoms with Crippen LogP contribution in [0.15, 0.2) is 0 Å². The highest BCUT2D eigenvalue weighted by Crippen LogP contribution is 2.21. The van der Waals surface area contributed by atoms with Gasteiger partial charge in [-0.1, -0.05) is 0 Å². The summed E-state index contributed by atoms with van der Waals surface area (Å²) in [5.41, 5.74) is 4.66. The van der Waals surface area contributed by atoms with E-state index in [0.29, 0.717) is 12.5 Å². The molecule has 2 amide bonds. The number of rotatable bonds is 5. The maximum Gasteiger partial charge on any atom is 0.407 e. The molecule has 0 spiro atoms. The first-order valence-corrected chi connectivity index (χ1v) is 6.69. The Morgan fingerprint density at radius 3 is 2.37 bits per heavy atom. The van der Waals surface area contributed by atoms with Gasteiger partial charge >= 0.3 is 6.09 Å². The summed E-state index contributed by atoms with van der Waals surface area (Å²) in [5, 5.41) is 6.13. The number of ether oxygens (including phenoxy) is 1. The van der Waals surface area contributed by atoms with Crippen LogP contribution < -0.4 is 16.4 Å². The number of hydrogen-bond acceptors (Lipinski definition) is 4. The predicted molar refractivity (Wildman–Crippen MR) is 72.6 cm³/mol. The third-order valence-electron chi connectivity index (χ3n) is 2.89. The number of carbonyl (C=O) groups excluding carboxylic acids is 2. The Labute approximate surface area is 114 Å². The van der Waals surface area contributed by atoms with Gasteiger partial charge in [-0.05, 0) is 40.5 Å². The summed E-state index contributed by atoms with van der Waals surface area (Å²) in [5.74, 6) is -0.303. The van der Waals surface area contributed by atoms with Crippen molar-refractivity contribution in [2.75, 3.05) is 0 Å². The van der Waals surface area contributed by atoms with E-state index in [1.165, 1.54) is 0 Å². The van der Waals surface area contributed by atoms with Gasteiger partial charge in [0, 0.05) is 24.5 Å². The van der Waals surface area contributed by atoms with Crippen LogP contribution in [-0.2, 0) is 9.53 Å². The molecule has 110 valence electrons. The average Bonchev–Trinajstić information content (AvgIpc) is 2.09. The van der Waals surface area contributed by atoms with Gasteiger partial charge in [0.25, 0.3) is 0 Å². The Balaban J connectivity index is 2.16. The summed E-state index contributed by atoms with van der Waals surface area (Å²) in [6.07, 6.45) is 1.66. The Kier molecular flexibility index (Phi) is 5.17. The molecule has 0 heterocycles. The largest absolute Gasteiger partial charge is 0.444 e. The number of hydrogen-bond donors (Lipinski definition) is 3. The van der Waals surface area contributed by atoms with Crippen LogP contribution in [0, 0.1) is 0 Å². The van der Waals surface area contributed by atoms with Crippen LogP contribution in [0.5, 0.6) is 0 Å². The SMILES string of the molecule is CC(CC(N)=O)NC1CC(NC(=O)OC(C)(C)C)C1. The van der Waals surface area contributed by atoms with Crippen LogP contribution in [0.25, 0.3) is 0 Å². The topological polar surface area (TPSA) is 93.5 Å². The normalized spacial score (nSPS) is 24.2. The van der Waals surface area contributed by atoms with E-state index in [1.807, 2.05) is 27.7 Å². The first-order valence-electron chi connectivity index (χ1n) is 6.69. The van der Waals surface area contributed by atoms with E-state index in [-0.39, 0.29) is 24.1 Å². The monoisotopic (exact) mass is 271 g/mol. The smallest absolute Gasteiger partial charge is 0.407 e. The van der Waals surface area contributed by atoms with Gasteiger partial charge in [0.2, 0.25) is 5.91 Å². The third kappa shape index (κ3) is 6.42. The first kappa shape index (κ1) is 15.8. The second-order valence-corrected chi connectivity index (χ2v) is 6.25. The van der Waals surface area contributed by atoms with E-state index in [2.05, 4.69) is 10.6 Å². The maximum absolute atomic E-state index is 11.5. The summed E-state index contributed by atoms with van der Waals surface area (Å²) in [4.78, 5) is 22.3. The highest BCUT2D eigenvalue weighted by atomic mass is 16.6. The van der Waals surface area contributed by atoms with E-state index in [0.717, 1.165) is 12.8 Å². The zero-order chi connectivity index (χ0) is 14.6. The van der Waals surface area contributed by atoms with Crippen LogP contribution in [0.3, 0.4) is 0 Å². The van der Waals surface area contributed by atoms with Gasteiger partial charge in [-0.25, -0.2) is 4.79 Å². The van der Waals surface area contributed by atoms with Gasteiger partial charge in [-0.15, -0.1) is 0 Å². The number of primary amides is 1. The molecule has 19 heavy (non-hydrogen) atoms. The zero-order valence-corrected chi connectivity index (χ0v) is 12.2. The molecule has 0 saturated heterocycles.